The number of likely N-dealkylation sites (tertiary alicyclic amines) is 1. The van der Waals surface area contributed by atoms with Crippen molar-refractivity contribution in [1.29, 1.82) is 0 Å². The summed E-state index contributed by atoms with van der Waals surface area (Å²) in [5, 5.41) is 12.5. The van der Waals surface area contributed by atoms with E-state index in [1.807, 2.05) is 4.90 Å². The number of rotatable bonds is 2. The molecule has 0 radical (unpaired) electrons. The van der Waals surface area contributed by atoms with E-state index >= 15 is 0 Å². The minimum Gasteiger partial charge on any atom is -0.396 e. The van der Waals surface area contributed by atoms with Crippen molar-refractivity contribution >= 4 is 5.91 Å². The van der Waals surface area contributed by atoms with Gasteiger partial charge < -0.3 is 15.3 Å². The number of carbonyl (C=O) groups is 1. The molecule has 2 rings (SSSR count). The maximum Gasteiger partial charge on any atom is 0.225 e. The lowest BCUT2D eigenvalue weighted by Crippen LogP contribution is -2.40. The first-order valence-corrected chi connectivity index (χ1v) is 6.32. The minimum atomic E-state index is 0.206. The first-order chi connectivity index (χ1) is 7.72. The van der Waals surface area contributed by atoms with Crippen LogP contribution in [-0.2, 0) is 4.79 Å². The third kappa shape index (κ3) is 2.38. The summed E-state index contributed by atoms with van der Waals surface area (Å²) in [6, 6.07) is 0. The van der Waals surface area contributed by atoms with Crippen molar-refractivity contribution in [2.24, 2.45) is 17.8 Å². The van der Waals surface area contributed by atoms with Gasteiger partial charge in [-0.15, -0.1) is 0 Å². The average molecular weight is 226 g/mol. The molecule has 4 nitrogen and oxygen atoms in total. The number of hydrogen-bond donors (Lipinski definition) is 2. The summed E-state index contributed by atoms with van der Waals surface area (Å²) in [4.78, 5) is 14.2. The van der Waals surface area contributed by atoms with E-state index < -0.39 is 0 Å². The Bertz CT molecular complexity index is 251. The molecule has 2 aliphatic rings. The number of aliphatic hydroxyl groups is 1. The number of amides is 1. The zero-order valence-corrected chi connectivity index (χ0v) is 9.98. The maximum atomic E-state index is 12.2. The quantitative estimate of drug-likeness (QED) is 0.701. The largest absolute Gasteiger partial charge is 0.396 e. The SMILES string of the molecule is C[C@@H]1CN(C(=O)C2CCNCC2)C[C@@H]1CO. The van der Waals surface area contributed by atoms with Gasteiger partial charge in [-0.2, -0.15) is 0 Å². The normalized spacial score (nSPS) is 32.0. The summed E-state index contributed by atoms with van der Waals surface area (Å²) in [5.41, 5.74) is 0. The van der Waals surface area contributed by atoms with Crippen LogP contribution in [0.1, 0.15) is 19.8 Å². The second-order valence-corrected chi connectivity index (χ2v) is 5.19. The van der Waals surface area contributed by atoms with Crippen molar-refractivity contribution in [3.63, 3.8) is 0 Å². The molecule has 0 spiro atoms. The van der Waals surface area contributed by atoms with Crippen molar-refractivity contribution < 1.29 is 9.90 Å². The van der Waals surface area contributed by atoms with Crippen LogP contribution in [0.3, 0.4) is 0 Å². The third-order valence-corrected chi connectivity index (χ3v) is 4.00. The molecule has 2 saturated heterocycles. The first-order valence-electron chi connectivity index (χ1n) is 6.32. The number of aliphatic hydroxyl groups excluding tert-OH is 1. The number of nitrogens with zero attached hydrogens (tertiary/aromatic N) is 1. The van der Waals surface area contributed by atoms with Gasteiger partial charge in [-0.3, -0.25) is 4.79 Å². The van der Waals surface area contributed by atoms with Gasteiger partial charge in [-0.1, -0.05) is 6.92 Å². The maximum absolute atomic E-state index is 12.2. The summed E-state index contributed by atoms with van der Waals surface area (Å²) in [5.74, 6) is 1.25. The van der Waals surface area contributed by atoms with E-state index in [2.05, 4.69) is 12.2 Å². The summed E-state index contributed by atoms with van der Waals surface area (Å²) in [7, 11) is 0. The van der Waals surface area contributed by atoms with E-state index in [4.69, 9.17) is 0 Å². The standard InChI is InChI=1S/C12H22N2O2/c1-9-6-14(7-11(9)8-15)12(16)10-2-4-13-5-3-10/h9-11,13,15H,2-8H2,1H3/t9-,11-/m1/s1. The summed E-state index contributed by atoms with van der Waals surface area (Å²) in [6.45, 7) is 5.83. The van der Waals surface area contributed by atoms with Crippen molar-refractivity contribution in [2.75, 3.05) is 32.8 Å². The molecule has 0 aromatic rings. The molecule has 0 aromatic heterocycles. The fourth-order valence-corrected chi connectivity index (χ4v) is 2.78. The Morgan fingerprint density at radius 2 is 2.06 bits per heavy atom. The highest BCUT2D eigenvalue weighted by Crippen LogP contribution is 2.25. The lowest BCUT2D eigenvalue weighted by Gasteiger charge is -2.26. The van der Waals surface area contributed by atoms with Gasteiger partial charge in [-0.25, -0.2) is 0 Å². The molecule has 0 unspecified atom stereocenters. The Hall–Kier alpha value is -0.610. The Balaban J connectivity index is 1.90. The zero-order valence-electron chi connectivity index (χ0n) is 9.98. The van der Waals surface area contributed by atoms with Crippen LogP contribution < -0.4 is 5.32 Å². The van der Waals surface area contributed by atoms with Crippen LogP contribution in [0.5, 0.6) is 0 Å². The Kier molecular flexibility index (Phi) is 3.82. The molecule has 0 aliphatic carbocycles. The van der Waals surface area contributed by atoms with E-state index in [0.717, 1.165) is 39.0 Å². The van der Waals surface area contributed by atoms with Crippen LogP contribution in [0.25, 0.3) is 0 Å². The van der Waals surface area contributed by atoms with E-state index in [1.54, 1.807) is 0 Å². The molecule has 0 bridgehead atoms. The fourth-order valence-electron chi connectivity index (χ4n) is 2.78. The van der Waals surface area contributed by atoms with Gasteiger partial charge in [0.05, 0.1) is 0 Å². The molecule has 2 fully saturated rings. The summed E-state index contributed by atoms with van der Waals surface area (Å²) < 4.78 is 0. The molecular weight excluding hydrogens is 204 g/mol. The van der Waals surface area contributed by atoms with Crippen LogP contribution in [0, 0.1) is 17.8 Å². The van der Waals surface area contributed by atoms with Gasteiger partial charge >= 0.3 is 0 Å². The monoisotopic (exact) mass is 226 g/mol. The molecule has 16 heavy (non-hydrogen) atoms. The first kappa shape index (κ1) is 11.9. The molecule has 92 valence electrons. The van der Waals surface area contributed by atoms with Crippen molar-refractivity contribution in [1.82, 2.24) is 10.2 Å². The molecular formula is C12H22N2O2. The molecule has 2 heterocycles. The molecule has 0 aromatic carbocycles. The second-order valence-electron chi connectivity index (χ2n) is 5.19. The van der Waals surface area contributed by atoms with E-state index in [9.17, 15) is 9.90 Å². The smallest absolute Gasteiger partial charge is 0.225 e. The highest BCUT2D eigenvalue weighted by molar-refractivity contribution is 5.79. The highest BCUT2D eigenvalue weighted by atomic mass is 16.3. The molecule has 2 aliphatic heterocycles. The molecule has 2 atom stereocenters. The van der Waals surface area contributed by atoms with Crippen LogP contribution >= 0.6 is 0 Å². The average Bonchev–Trinajstić information content (AvgIpc) is 2.71. The number of carbonyl (C=O) groups excluding carboxylic acids is 1. The third-order valence-electron chi connectivity index (χ3n) is 4.00. The molecule has 2 N–H and O–H groups in total. The highest BCUT2D eigenvalue weighted by Gasteiger charge is 2.34. The van der Waals surface area contributed by atoms with Crippen LogP contribution in [-0.4, -0.2) is 48.7 Å². The predicted molar refractivity (Wildman–Crippen MR) is 61.9 cm³/mol. The van der Waals surface area contributed by atoms with Gasteiger partial charge in [0, 0.05) is 31.5 Å². The van der Waals surface area contributed by atoms with Crippen LogP contribution in [0.15, 0.2) is 0 Å². The second kappa shape index (κ2) is 5.15. The number of piperidine rings is 1. The van der Waals surface area contributed by atoms with Crippen LogP contribution in [0.2, 0.25) is 0 Å². The topological polar surface area (TPSA) is 52.6 Å². The zero-order chi connectivity index (χ0) is 11.5. The van der Waals surface area contributed by atoms with Gasteiger partial charge in [0.15, 0.2) is 0 Å². The molecule has 1 amide bonds. The Labute approximate surface area is 97.0 Å². The van der Waals surface area contributed by atoms with E-state index in [0.29, 0.717) is 11.8 Å². The van der Waals surface area contributed by atoms with E-state index in [-0.39, 0.29) is 18.4 Å². The van der Waals surface area contributed by atoms with Gasteiger partial charge in [0.25, 0.3) is 0 Å². The Morgan fingerprint density at radius 3 is 2.62 bits per heavy atom. The van der Waals surface area contributed by atoms with Crippen LogP contribution in [0.4, 0.5) is 0 Å². The fraction of sp³-hybridized carbons (Fsp3) is 0.917. The lowest BCUT2D eigenvalue weighted by atomic mass is 9.97. The van der Waals surface area contributed by atoms with Gasteiger partial charge in [0.1, 0.15) is 0 Å². The number of nitrogens with one attached hydrogen (secondary N) is 1. The Morgan fingerprint density at radius 1 is 1.38 bits per heavy atom. The van der Waals surface area contributed by atoms with E-state index in [1.165, 1.54) is 0 Å². The lowest BCUT2D eigenvalue weighted by molar-refractivity contribution is -0.135. The van der Waals surface area contributed by atoms with Crippen molar-refractivity contribution in [3.05, 3.63) is 0 Å². The summed E-state index contributed by atoms with van der Waals surface area (Å²) in [6.07, 6.45) is 1.93. The molecule has 4 heteroatoms. The predicted octanol–water partition coefficient (Wildman–Crippen LogP) is 0.0728. The minimum absolute atomic E-state index is 0.206. The van der Waals surface area contributed by atoms with Gasteiger partial charge in [0.2, 0.25) is 5.91 Å². The number of hydrogen-bond acceptors (Lipinski definition) is 3. The van der Waals surface area contributed by atoms with Gasteiger partial charge in [-0.05, 0) is 31.8 Å². The van der Waals surface area contributed by atoms with Crippen molar-refractivity contribution in [2.45, 2.75) is 19.8 Å². The summed E-state index contributed by atoms with van der Waals surface area (Å²) >= 11 is 0. The molecule has 0 saturated carbocycles. The van der Waals surface area contributed by atoms with Crippen molar-refractivity contribution in [3.8, 4) is 0 Å².